The van der Waals surface area contributed by atoms with E-state index in [-0.39, 0.29) is 0 Å². The van der Waals surface area contributed by atoms with Crippen LogP contribution in [-0.2, 0) is 4.74 Å². The Morgan fingerprint density at radius 3 is 2.33 bits per heavy atom. The second-order valence-corrected chi connectivity index (χ2v) is 5.92. The first kappa shape index (κ1) is 13.0. The fraction of sp³-hybridized carbons (Fsp3) is 1.00. The van der Waals surface area contributed by atoms with Crippen molar-refractivity contribution in [1.29, 1.82) is 0 Å². The van der Waals surface area contributed by atoms with Crippen LogP contribution < -0.4 is 5.32 Å². The quantitative estimate of drug-likeness (QED) is 0.778. The summed E-state index contributed by atoms with van der Waals surface area (Å²) >= 11 is 0. The van der Waals surface area contributed by atoms with Crippen LogP contribution in [0.1, 0.15) is 53.4 Å². The van der Waals surface area contributed by atoms with Gasteiger partial charge in [0, 0.05) is 19.2 Å². The SMILES string of the molecule is COC1CCCCC1NC(C)C(C)(C)C. The van der Waals surface area contributed by atoms with Gasteiger partial charge in [0.15, 0.2) is 0 Å². The van der Waals surface area contributed by atoms with Gasteiger partial charge in [-0.1, -0.05) is 33.6 Å². The van der Waals surface area contributed by atoms with Gasteiger partial charge in [-0.2, -0.15) is 0 Å². The molecule has 1 saturated carbocycles. The molecule has 3 unspecified atom stereocenters. The minimum Gasteiger partial charge on any atom is -0.380 e. The Morgan fingerprint density at radius 2 is 1.80 bits per heavy atom. The molecule has 1 rings (SSSR count). The monoisotopic (exact) mass is 213 g/mol. The Morgan fingerprint density at radius 1 is 1.20 bits per heavy atom. The molecule has 2 nitrogen and oxygen atoms in total. The Hall–Kier alpha value is -0.0800. The highest BCUT2D eigenvalue weighted by molar-refractivity contribution is 4.87. The molecular formula is C13H27NO. The van der Waals surface area contributed by atoms with Crippen molar-refractivity contribution in [3.05, 3.63) is 0 Å². The molecule has 3 atom stereocenters. The van der Waals surface area contributed by atoms with E-state index in [4.69, 9.17) is 4.74 Å². The zero-order chi connectivity index (χ0) is 11.5. The van der Waals surface area contributed by atoms with Crippen molar-refractivity contribution in [3.63, 3.8) is 0 Å². The number of rotatable bonds is 3. The second kappa shape index (κ2) is 5.31. The van der Waals surface area contributed by atoms with Gasteiger partial charge in [-0.05, 0) is 25.2 Å². The third-order valence-electron chi connectivity index (χ3n) is 3.77. The van der Waals surface area contributed by atoms with Gasteiger partial charge in [0.1, 0.15) is 0 Å². The van der Waals surface area contributed by atoms with E-state index >= 15 is 0 Å². The highest BCUT2D eigenvalue weighted by atomic mass is 16.5. The van der Waals surface area contributed by atoms with Gasteiger partial charge in [0.25, 0.3) is 0 Å². The van der Waals surface area contributed by atoms with Crippen LogP contribution in [-0.4, -0.2) is 25.3 Å². The summed E-state index contributed by atoms with van der Waals surface area (Å²) in [5.74, 6) is 0. The molecule has 0 aromatic heterocycles. The highest BCUT2D eigenvalue weighted by Crippen LogP contribution is 2.25. The van der Waals surface area contributed by atoms with E-state index in [2.05, 4.69) is 33.0 Å². The summed E-state index contributed by atoms with van der Waals surface area (Å²) in [7, 11) is 1.84. The van der Waals surface area contributed by atoms with Gasteiger partial charge in [-0.3, -0.25) is 0 Å². The maximum absolute atomic E-state index is 5.55. The molecular weight excluding hydrogens is 186 g/mol. The molecule has 0 bridgehead atoms. The molecule has 0 heterocycles. The third kappa shape index (κ3) is 3.76. The van der Waals surface area contributed by atoms with Crippen molar-refractivity contribution in [3.8, 4) is 0 Å². The molecule has 1 fully saturated rings. The normalized spacial score (nSPS) is 30.2. The first-order valence-corrected chi connectivity index (χ1v) is 6.24. The zero-order valence-electron chi connectivity index (χ0n) is 11.0. The number of ether oxygens (including phenoxy) is 1. The smallest absolute Gasteiger partial charge is 0.0724 e. The third-order valence-corrected chi connectivity index (χ3v) is 3.77. The maximum Gasteiger partial charge on any atom is 0.0724 e. The molecule has 1 N–H and O–H groups in total. The maximum atomic E-state index is 5.55. The zero-order valence-corrected chi connectivity index (χ0v) is 11.0. The van der Waals surface area contributed by atoms with Crippen LogP contribution in [0.5, 0.6) is 0 Å². The summed E-state index contributed by atoms with van der Waals surface area (Å²) in [6.07, 6.45) is 5.56. The lowest BCUT2D eigenvalue weighted by Crippen LogP contribution is -2.50. The van der Waals surface area contributed by atoms with E-state index in [0.717, 1.165) is 0 Å². The van der Waals surface area contributed by atoms with Crippen LogP contribution in [0.25, 0.3) is 0 Å². The van der Waals surface area contributed by atoms with Crippen LogP contribution >= 0.6 is 0 Å². The van der Waals surface area contributed by atoms with Crippen LogP contribution in [0.15, 0.2) is 0 Å². The molecule has 1 aliphatic rings. The predicted octanol–water partition coefficient (Wildman–Crippen LogP) is 2.97. The van der Waals surface area contributed by atoms with Crippen LogP contribution in [0.3, 0.4) is 0 Å². The van der Waals surface area contributed by atoms with Crippen molar-refractivity contribution in [2.75, 3.05) is 7.11 Å². The van der Waals surface area contributed by atoms with Crippen molar-refractivity contribution in [2.24, 2.45) is 5.41 Å². The fourth-order valence-electron chi connectivity index (χ4n) is 2.14. The Bertz CT molecular complexity index is 185. The van der Waals surface area contributed by atoms with Gasteiger partial charge in [-0.25, -0.2) is 0 Å². The molecule has 0 aromatic carbocycles. The standard InChI is InChI=1S/C13H27NO/c1-10(13(2,3)4)14-11-8-6-7-9-12(11)15-5/h10-12,14H,6-9H2,1-5H3. The van der Waals surface area contributed by atoms with Crippen LogP contribution in [0.2, 0.25) is 0 Å². The number of hydrogen-bond acceptors (Lipinski definition) is 2. The topological polar surface area (TPSA) is 21.3 Å². The molecule has 0 radical (unpaired) electrons. The average Bonchev–Trinajstić information content (AvgIpc) is 2.17. The van der Waals surface area contributed by atoms with E-state index in [1.165, 1.54) is 25.7 Å². The van der Waals surface area contributed by atoms with Crippen molar-refractivity contribution < 1.29 is 4.74 Å². The number of methoxy groups -OCH3 is 1. The largest absolute Gasteiger partial charge is 0.380 e. The summed E-state index contributed by atoms with van der Waals surface area (Å²) in [6.45, 7) is 9.14. The highest BCUT2D eigenvalue weighted by Gasteiger charge is 2.29. The van der Waals surface area contributed by atoms with Crippen molar-refractivity contribution in [1.82, 2.24) is 5.32 Å². The minimum atomic E-state index is 0.329. The number of nitrogens with one attached hydrogen (secondary N) is 1. The summed E-state index contributed by atoms with van der Waals surface area (Å²) in [6, 6.07) is 1.09. The van der Waals surface area contributed by atoms with Gasteiger partial charge < -0.3 is 10.1 Å². The minimum absolute atomic E-state index is 0.329. The van der Waals surface area contributed by atoms with Gasteiger partial charge in [0.05, 0.1) is 6.10 Å². The van der Waals surface area contributed by atoms with Crippen molar-refractivity contribution >= 4 is 0 Å². The fourth-order valence-corrected chi connectivity index (χ4v) is 2.14. The second-order valence-electron chi connectivity index (χ2n) is 5.92. The molecule has 0 saturated heterocycles. The van der Waals surface area contributed by atoms with E-state index in [1.54, 1.807) is 0 Å². The van der Waals surface area contributed by atoms with Crippen LogP contribution in [0, 0.1) is 5.41 Å². The molecule has 0 spiro atoms. The van der Waals surface area contributed by atoms with E-state index in [9.17, 15) is 0 Å². The Labute approximate surface area is 94.8 Å². The van der Waals surface area contributed by atoms with E-state index < -0.39 is 0 Å². The van der Waals surface area contributed by atoms with Gasteiger partial charge in [0.2, 0.25) is 0 Å². The molecule has 0 aliphatic heterocycles. The summed E-state index contributed by atoms with van der Waals surface area (Å²) in [5.41, 5.74) is 0.329. The molecule has 15 heavy (non-hydrogen) atoms. The summed E-state index contributed by atoms with van der Waals surface area (Å²) < 4.78 is 5.55. The van der Waals surface area contributed by atoms with Gasteiger partial charge >= 0.3 is 0 Å². The molecule has 90 valence electrons. The molecule has 0 aromatic rings. The molecule has 0 amide bonds. The lowest BCUT2D eigenvalue weighted by atomic mass is 9.85. The molecule has 2 heteroatoms. The lowest BCUT2D eigenvalue weighted by molar-refractivity contribution is 0.0326. The van der Waals surface area contributed by atoms with Gasteiger partial charge in [-0.15, -0.1) is 0 Å². The number of hydrogen-bond donors (Lipinski definition) is 1. The first-order chi connectivity index (χ1) is 6.95. The van der Waals surface area contributed by atoms with E-state index in [0.29, 0.717) is 23.6 Å². The average molecular weight is 213 g/mol. The Kier molecular flexibility index (Phi) is 4.60. The Balaban J connectivity index is 2.48. The summed E-state index contributed by atoms with van der Waals surface area (Å²) in [5, 5.41) is 3.73. The first-order valence-electron chi connectivity index (χ1n) is 6.24. The van der Waals surface area contributed by atoms with Crippen molar-refractivity contribution in [2.45, 2.75) is 71.6 Å². The van der Waals surface area contributed by atoms with E-state index in [1.807, 2.05) is 7.11 Å². The molecule has 1 aliphatic carbocycles. The van der Waals surface area contributed by atoms with Crippen LogP contribution in [0.4, 0.5) is 0 Å². The lowest BCUT2D eigenvalue weighted by Gasteiger charge is -2.37. The predicted molar refractivity (Wildman–Crippen MR) is 65.1 cm³/mol. The summed E-state index contributed by atoms with van der Waals surface area (Å²) in [4.78, 5) is 0.